The maximum absolute atomic E-state index is 13.9. The highest BCUT2D eigenvalue weighted by atomic mass is 19.4. The molecule has 0 spiro atoms. The van der Waals surface area contributed by atoms with Crippen LogP contribution in [-0.2, 0) is 12.7 Å². The highest BCUT2D eigenvalue weighted by molar-refractivity contribution is 5.97. The Hall–Kier alpha value is -2.77. The van der Waals surface area contributed by atoms with E-state index in [1.54, 1.807) is 26.8 Å². The monoisotopic (exact) mass is 505 g/mol. The van der Waals surface area contributed by atoms with Crippen LogP contribution in [0.1, 0.15) is 84.8 Å². The molecule has 1 aliphatic rings. The second-order valence-electron chi connectivity index (χ2n) is 10.4. The number of aromatic amines is 1. The topological polar surface area (TPSA) is 65.2 Å². The fourth-order valence-electron chi connectivity index (χ4n) is 5.47. The van der Waals surface area contributed by atoms with Crippen molar-refractivity contribution >= 4 is 11.6 Å². The number of carbonyl (C=O) groups is 1. The summed E-state index contributed by atoms with van der Waals surface area (Å²) >= 11 is 0. The summed E-state index contributed by atoms with van der Waals surface area (Å²) < 4.78 is 41.7. The molecule has 0 bridgehead atoms. The van der Waals surface area contributed by atoms with Gasteiger partial charge in [-0.1, -0.05) is 13.8 Å². The molecule has 0 radical (unpaired) electrons. The second-order valence-corrected chi connectivity index (χ2v) is 10.4. The summed E-state index contributed by atoms with van der Waals surface area (Å²) in [5.41, 5.74) is 1.60. The van der Waals surface area contributed by atoms with Crippen molar-refractivity contribution in [1.82, 2.24) is 10.3 Å². The molecule has 1 amide bonds. The number of H-pyrrole nitrogens is 1. The van der Waals surface area contributed by atoms with Crippen LogP contribution in [0.3, 0.4) is 0 Å². The Bertz CT molecular complexity index is 1150. The van der Waals surface area contributed by atoms with Crippen LogP contribution < -0.4 is 15.8 Å². The fraction of sp³-hybridized carbons (Fsp3) is 0.571. The molecule has 0 saturated heterocycles. The summed E-state index contributed by atoms with van der Waals surface area (Å²) in [6, 6.07) is 4.03. The average molecular weight is 506 g/mol. The van der Waals surface area contributed by atoms with Crippen molar-refractivity contribution in [2.75, 3.05) is 11.4 Å². The highest BCUT2D eigenvalue weighted by Crippen LogP contribution is 2.39. The van der Waals surface area contributed by atoms with Gasteiger partial charge in [0, 0.05) is 41.6 Å². The van der Waals surface area contributed by atoms with Gasteiger partial charge < -0.3 is 15.2 Å². The van der Waals surface area contributed by atoms with Gasteiger partial charge in [-0.2, -0.15) is 13.2 Å². The molecule has 198 valence electrons. The lowest BCUT2D eigenvalue weighted by atomic mass is 9.79. The van der Waals surface area contributed by atoms with Crippen molar-refractivity contribution in [3.05, 3.63) is 62.1 Å². The van der Waals surface area contributed by atoms with Crippen molar-refractivity contribution in [2.45, 2.75) is 86.0 Å². The summed E-state index contributed by atoms with van der Waals surface area (Å²) in [4.78, 5) is 30.2. The molecule has 2 N–H and O–H groups in total. The first-order chi connectivity index (χ1) is 16.8. The van der Waals surface area contributed by atoms with E-state index < -0.39 is 17.6 Å². The number of aromatic nitrogens is 1. The molecule has 3 rings (SSSR count). The molecule has 8 heteroatoms. The molecule has 1 aromatic carbocycles. The standard InChI is InChI=1S/C28H38F3N3O2/c1-7-34(22-10-8-20(9-11-22)16(2)3)25-14-21(28(29,30)31)13-23(19(25)6)26(35)32-15-24-17(4)12-18(5)33-27(24)36/h12-14,16,20,22H,7-11,15H2,1-6H3,(H,32,35)(H,33,36)/t20-,22-. The maximum Gasteiger partial charge on any atom is 0.416 e. The van der Waals surface area contributed by atoms with Gasteiger partial charge in [-0.15, -0.1) is 0 Å². The quantitative estimate of drug-likeness (QED) is 0.465. The minimum atomic E-state index is -4.59. The van der Waals surface area contributed by atoms with E-state index in [9.17, 15) is 22.8 Å². The normalized spacial score (nSPS) is 18.4. The molecule has 2 aromatic rings. The molecule has 1 fully saturated rings. The van der Waals surface area contributed by atoms with E-state index in [0.717, 1.165) is 31.7 Å². The van der Waals surface area contributed by atoms with Crippen LogP contribution >= 0.6 is 0 Å². The Balaban J connectivity index is 1.94. The van der Waals surface area contributed by atoms with E-state index in [1.165, 1.54) is 6.07 Å². The van der Waals surface area contributed by atoms with Crippen molar-refractivity contribution in [3.8, 4) is 0 Å². The Morgan fingerprint density at radius 1 is 1.11 bits per heavy atom. The molecule has 5 nitrogen and oxygen atoms in total. The fourth-order valence-corrected chi connectivity index (χ4v) is 5.47. The van der Waals surface area contributed by atoms with Crippen molar-refractivity contribution in [1.29, 1.82) is 0 Å². The molecule has 36 heavy (non-hydrogen) atoms. The zero-order valence-electron chi connectivity index (χ0n) is 22.1. The maximum atomic E-state index is 13.9. The Morgan fingerprint density at radius 2 is 1.75 bits per heavy atom. The number of hydrogen-bond acceptors (Lipinski definition) is 3. The van der Waals surface area contributed by atoms with Crippen LogP contribution in [0.15, 0.2) is 23.0 Å². The Kier molecular flexibility index (Phi) is 8.57. The predicted molar refractivity (Wildman–Crippen MR) is 137 cm³/mol. The van der Waals surface area contributed by atoms with Gasteiger partial charge in [0.15, 0.2) is 0 Å². The first-order valence-electron chi connectivity index (χ1n) is 12.8. The molecule has 0 aliphatic heterocycles. The van der Waals surface area contributed by atoms with Gasteiger partial charge >= 0.3 is 6.18 Å². The third kappa shape index (κ3) is 6.13. The molecule has 1 heterocycles. The van der Waals surface area contributed by atoms with Crippen molar-refractivity contribution < 1.29 is 18.0 Å². The number of benzene rings is 1. The third-order valence-electron chi connectivity index (χ3n) is 7.65. The minimum absolute atomic E-state index is 0.0182. The summed E-state index contributed by atoms with van der Waals surface area (Å²) in [6.07, 6.45) is -0.646. The number of nitrogens with zero attached hydrogens (tertiary/aromatic N) is 1. The van der Waals surface area contributed by atoms with Gasteiger partial charge in [0.1, 0.15) is 0 Å². The van der Waals surface area contributed by atoms with Gasteiger partial charge in [-0.25, -0.2) is 0 Å². The molecule has 0 unspecified atom stereocenters. The van der Waals surface area contributed by atoms with E-state index in [2.05, 4.69) is 24.1 Å². The molecular formula is C28H38F3N3O2. The Labute approximate surface area is 211 Å². The highest BCUT2D eigenvalue weighted by Gasteiger charge is 2.35. The average Bonchev–Trinajstić information content (AvgIpc) is 2.79. The van der Waals surface area contributed by atoms with E-state index in [1.807, 2.05) is 11.8 Å². The van der Waals surface area contributed by atoms with Crippen LogP contribution in [0, 0.1) is 32.6 Å². The number of carbonyl (C=O) groups excluding carboxylic acids is 1. The summed E-state index contributed by atoms with van der Waals surface area (Å²) in [5.74, 6) is 0.604. The van der Waals surface area contributed by atoms with E-state index in [-0.39, 0.29) is 23.7 Å². The lowest BCUT2D eigenvalue weighted by Crippen LogP contribution is -2.39. The van der Waals surface area contributed by atoms with Gasteiger partial charge in [0.2, 0.25) is 0 Å². The number of anilines is 1. The van der Waals surface area contributed by atoms with Crippen LogP contribution in [0.2, 0.25) is 0 Å². The number of hydrogen-bond donors (Lipinski definition) is 2. The third-order valence-corrected chi connectivity index (χ3v) is 7.65. The van der Waals surface area contributed by atoms with Crippen LogP contribution in [-0.4, -0.2) is 23.5 Å². The first-order valence-corrected chi connectivity index (χ1v) is 12.8. The van der Waals surface area contributed by atoms with Crippen LogP contribution in [0.4, 0.5) is 18.9 Å². The van der Waals surface area contributed by atoms with Crippen molar-refractivity contribution in [3.63, 3.8) is 0 Å². The number of halogens is 3. The van der Waals surface area contributed by atoms with Gasteiger partial charge in [-0.3, -0.25) is 9.59 Å². The zero-order chi connectivity index (χ0) is 26.8. The summed E-state index contributed by atoms with van der Waals surface area (Å²) in [6.45, 7) is 12.1. The zero-order valence-corrected chi connectivity index (χ0v) is 22.1. The Morgan fingerprint density at radius 3 is 2.28 bits per heavy atom. The number of rotatable bonds is 7. The minimum Gasteiger partial charge on any atom is -0.369 e. The van der Waals surface area contributed by atoms with E-state index >= 15 is 0 Å². The van der Waals surface area contributed by atoms with Gasteiger partial charge in [0.25, 0.3) is 11.5 Å². The molecule has 1 aliphatic carbocycles. The largest absolute Gasteiger partial charge is 0.416 e. The number of pyridine rings is 1. The lowest BCUT2D eigenvalue weighted by molar-refractivity contribution is -0.137. The van der Waals surface area contributed by atoms with Crippen LogP contribution in [0.25, 0.3) is 0 Å². The molecule has 1 saturated carbocycles. The summed E-state index contributed by atoms with van der Waals surface area (Å²) in [5, 5.41) is 2.67. The lowest BCUT2D eigenvalue weighted by Gasteiger charge is -2.40. The van der Waals surface area contributed by atoms with E-state index in [0.29, 0.717) is 46.5 Å². The number of aryl methyl sites for hydroxylation is 2. The summed E-state index contributed by atoms with van der Waals surface area (Å²) in [7, 11) is 0. The predicted octanol–water partition coefficient (Wildman–Crippen LogP) is 6.29. The number of amides is 1. The SMILES string of the molecule is CCN(c1cc(C(F)(F)F)cc(C(=O)NCc2c(C)cc(C)[nH]c2=O)c1C)[C@H]1CC[C@H](C(C)C)CC1. The van der Waals surface area contributed by atoms with Crippen molar-refractivity contribution in [2.24, 2.45) is 11.8 Å². The second kappa shape index (κ2) is 11.1. The number of nitrogens with one attached hydrogen (secondary N) is 2. The smallest absolute Gasteiger partial charge is 0.369 e. The first kappa shape index (κ1) is 27.8. The van der Waals surface area contributed by atoms with Crippen LogP contribution in [0.5, 0.6) is 0 Å². The van der Waals surface area contributed by atoms with Gasteiger partial charge in [-0.05, 0) is 94.5 Å². The molecule has 0 atom stereocenters. The molecular weight excluding hydrogens is 467 g/mol. The van der Waals surface area contributed by atoms with Gasteiger partial charge in [0.05, 0.1) is 5.56 Å². The van der Waals surface area contributed by atoms with E-state index in [4.69, 9.17) is 0 Å². The number of alkyl halides is 3. The molecule has 1 aromatic heterocycles.